The lowest BCUT2D eigenvalue weighted by Gasteiger charge is -2.02. The first-order valence-corrected chi connectivity index (χ1v) is 5.95. The molecule has 3 N–H and O–H groups in total. The normalized spacial score (nSPS) is 11.7. The topological polar surface area (TPSA) is 50.4 Å². The second kappa shape index (κ2) is 6.48. The molecular formula is C11H17N3S. The summed E-state index contributed by atoms with van der Waals surface area (Å²) in [5.41, 5.74) is 7.87. The van der Waals surface area contributed by atoms with Crippen molar-refractivity contribution in [1.29, 1.82) is 0 Å². The Morgan fingerprint density at radius 3 is 3.00 bits per heavy atom. The molecule has 3 nitrogen and oxygen atoms in total. The minimum absolute atomic E-state index is 0.624. The summed E-state index contributed by atoms with van der Waals surface area (Å²) in [6.07, 6.45) is 0. The van der Waals surface area contributed by atoms with Gasteiger partial charge in [-0.1, -0.05) is 30.8 Å². The van der Waals surface area contributed by atoms with Gasteiger partial charge in [0.1, 0.15) is 0 Å². The van der Waals surface area contributed by atoms with Gasteiger partial charge < -0.3 is 11.1 Å². The Kier molecular flexibility index (Phi) is 5.21. The lowest BCUT2D eigenvalue weighted by molar-refractivity contribution is 0.818. The quantitative estimate of drug-likeness (QED) is 0.607. The van der Waals surface area contributed by atoms with Crippen LogP contribution in [0.4, 0.5) is 5.69 Å². The number of nitrogens with zero attached hydrogens (tertiary/aromatic N) is 1. The van der Waals surface area contributed by atoms with Crippen molar-refractivity contribution in [2.45, 2.75) is 13.5 Å². The summed E-state index contributed by atoms with van der Waals surface area (Å²) in [6.45, 7) is 2.91. The van der Waals surface area contributed by atoms with Crippen LogP contribution in [-0.2, 0) is 6.54 Å². The smallest absolute Gasteiger partial charge is 0.159 e. The number of aliphatic imine (C=N–C) groups is 1. The molecule has 0 aromatic heterocycles. The number of hydrogen-bond acceptors (Lipinski definition) is 3. The van der Waals surface area contributed by atoms with Gasteiger partial charge in [-0.25, -0.2) is 4.99 Å². The highest BCUT2D eigenvalue weighted by Crippen LogP contribution is 2.15. The summed E-state index contributed by atoms with van der Waals surface area (Å²) >= 11 is 1.56. The maximum Gasteiger partial charge on any atom is 0.159 e. The number of nitrogens with one attached hydrogen (secondary N) is 1. The maximum absolute atomic E-state index is 5.74. The fraction of sp³-hybridized carbons (Fsp3) is 0.364. The monoisotopic (exact) mass is 223 g/mol. The lowest BCUT2D eigenvalue weighted by Crippen LogP contribution is -2.06. The molecule has 0 radical (unpaired) electrons. The van der Waals surface area contributed by atoms with E-state index in [4.69, 9.17) is 5.73 Å². The summed E-state index contributed by atoms with van der Waals surface area (Å²) in [7, 11) is 1.93. The molecule has 0 amide bonds. The van der Waals surface area contributed by atoms with E-state index < -0.39 is 0 Å². The van der Waals surface area contributed by atoms with Gasteiger partial charge in [-0.2, -0.15) is 0 Å². The first-order chi connectivity index (χ1) is 7.26. The van der Waals surface area contributed by atoms with Crippen LogP contribution in [0.1, 0.15) is 12.5 Å². The van der Waals surface area contributed by atoms with E-state index in [1.165, 1.54) is 5.56 Å². The molecule has 0 heterocycles. The van der Waals surface area contributed by atoms with E-state index in [1.807, 2.05) is 25.2 Å². The van der Waals surface area contributed by atoms with Gasteiger partial charge in [-0.05, 0) is 30.5 Å². The summed E-state index contributed by atoms with van der Waals surface area (Å²) in [5, 5.41) is 3.73. The summed E-state index contributed by atoms with van der Waals surface area (Å²) in [6, 6.07) is 8.07. The Hall–Kier alpha value is -1.00. The van der Waals surface area contributed by atoms with Gasteiger partial charge in [0.05, 0.1) is 5.69 Å². The molecule has 0 saturated heterocycles. The zero-order chi connectivity index (χ0) is 11.1. The first kappa shape index (κ1) is 12.1. The number of nitrogens with two attached hydrogens (primary N) is 1. The lowest BCUT2D eigenvalue weighted by atomic mass is 10.2. The maximum atomic E-state index is 5.74. The van der Waals surface area contributed by atoms with Crippen LogP contribution < -0.4 is 11.1 Å². The van der Waals surface area contributed by atoms with Crippen LogP contribution in [0, 0.1) is 0 Å². The molecule has 0 spiro atoms. The first-order valence-electron chi connectivity index (χ1n) is 4.96. The average molecular weight is 223 g/mol. The van der Waals surface area contributed by atoms with Crippen molar-refractivity contribution in [3.63, 3.8) is 0 Å². The van der Waals surface area contributed by atoms with Gasteiger partial charge in [0.15, 0.2) is 5.17 Å². The predicted octanol–water partition coefficient (Wildman–Crippen LogP) is 2.11. The third kappa shape index (κ3) is 4.36. The number of rotatable bonds is 4. The van der Waals surface area contributed by atoms with Crippen molar-refractivity contribution in [2.75, 3.05) is 12.8 Å². The fourth-order valence-electron chi connectivity index (χ4n) is 1.25. The van der Waals surface area contributed by atoms with E-state index in [0.29, 0.717) is 5.17 Å². The molecule has 0 saturated carbocycles. The predicted molar refractivity (Wildman–Crippen MR) is 68.6 cm³/mol. The Labute approximate surface area is 95.2 Å². The fourth-order valence-corrected chi connectivity index (χ4v) is 1.71. The van der Waals surface area contributed by atoms with Gasteiger partial charge in [0.25, 0.3) is 0 Å². The van der Waals surface area contributed by atoms with E-state index in [2.05, 4.69) is 23.3 Å². The van der Waals surface area contributed by atoms with Crippen LogP contribution >= 0.6 is 11.8 Å². The van der Waals surface area contributed by atoms with Crippen molar-refractivity contribution in [1.82, 2.24) is 5.32 Å². The number of benzene rings is 1. The molecule has 0 unspecified atom stereocenters. The summed E-state index contributed by atoms with van der Waals surface area (Å²) < 4.78 is 0. The van der Waals surface area contributed by atoms with Crippen molar-refractivity contribution in [3.8, 4) is 0 Å². The summed E-state index contributed by atoms with van der Waals surface area (Å²) in [5.74, 6) is 0.950. The molecule has 0 aliphatic rings. The molecule has 1 aromatic carbocycles. The third-order valence-electron chi connectivity index (χ3n) is 1.82. The van der Waals surface area contributed by atoms with Gasteiger partial charge in [-0.15, -0.1) is 0 Å². The van der Waals surface area contributed by atoms with Gasteiger partial charge >= 0.3 is 0 Å². The highest BCUT2D eigenvalue weighted by molar-refractivity contribution is 8.13. The van der Waals surface area contributed by atoms with Crippen LogP contribution in [0.25, 0.3) is 0 Å². The minimum Gasteiger partial charge on any atom is -0.378 e. The third-order valence-corrected chi connectivity index (χ3v) is 2.50. The average Bonchev–Trinajstić information content (AvgIpc) is 2.19. The SMILES string of the molecule is CCSC(N)=Nc1cccc(CNC)c1. The van der Waals surface area contributed by atoms with E-state index >= 15 is 0 Å². The number of thioether (sulfide) groups is 1. The van der Waals surface area contributed by atoms with Crippen LogP contribution in [-0.4, -0.2) is 18.0 Å². The van der Waals surface area contributed by atoms with Crippen molar-refractivity contribution in [2.24, 2.45) is 10.7 Å². The van der Waals surface area contributed by atoms with Crippen molar-refractivity contribution >= 4 is 22.6 Å². The molecule has 4 heteroatoms. The molecular weight excluding hydrogens is 206 g/mol. The van der Waals surface area contributed by atoms with Crippen molar-refractivity contribution in [3.05, 3.63) is 29.8 Å². The zero-order valence-corrected chi connectivity index (χ0v) is 9.97. The highest BCUT2D eigenvalue weighted by Gasteiger charge is 1.95. The van der Waals surface area contributed by atoms with Crippen LogP contribution in [0.2, 0.25) is 0 Å². The number of amidine groups is 1. The van der Waals surface area contributed by atoms with Gasteiger partial charge in [0, 0.05) is 6.54 Å². The minimum atomic E-state index is 0.624. The molecule has 1 rings (SSSR count). The molecule has 1 aromatic rings. The van der Waals surface area contributed by atoms with Crippen LogP contribution in [0.3, 0.4) is 0 Å². The van der Waals surface area contributed by atoms with E-state index in [-0.39, 0.29) is 0 Å². The molecule has 0 aliphatic carbocycles. The largest absolute Gasteiger partial charge is 0.378 e. The Morgan fingerprint density at radius 1 is 1.53 bits per heavy atom. The molecule has 0 bridgehead atoms. The van der Waals surface area contributed by atoms with E-state index in [0.717, 1.165) is 18.0 Å². The summed E-state index contributed by atoms with van der Waals surface area (Å²) in [4.78, 5) is 4.32. The molecule has 0 aliphatic heterocycles. The van der Waals surface area contributed by atoms with E-state index in [9.17, 15) is 0 Å². The Bertz CT molecular complexity index is 336. The molecule has 0 fully saturated rings. The molecule has 82 valence electrons. The van der Waals surface area contributed by atoms with Gasteiger partial charge in [0.2, 0.25) is 0 Å². The molecule has 15 heavy (non-hydrogen) atoms. The Morgan fingerprint density at radius 2 is 2.33 bits per heavy atom. The van der Waals surface area contributed by atoms with E-state index in [1.54, 1.807) is 11.8 Å². The van der Waals surface area contributed by atoms with Gasteiger partial charge in [-0.3, -0.25) is 0 Å². The second-order valence-corrected chi connectivity index (χ2v) is 4.37. The second-order valence-electron chi connectivity index (χ2n) is 3.08. The van der Waals surface area contributed by atoms with Crippen LogP contribution in [0.5, 0.6) is 0 Å². The zero-order valence-electron chi connectivity index (χ0n) is 9.16. The van der Waals surface area contributed by atoms with Crippen LogP contribution in [0.15, 0.2) is 29.3 Å². The standard InChI is InChI=1S/C11H17N3S/c1-3-15-11(12)14-10-6-4-5-9(7-10)8-13-2/h4-7,13H,3,8H2,1-2H3,(H2,12,14). The highest BCUT2D eigenvalue weighted by atomic mass is 32.2. The number of hydrogen-bond donors (Lipinski definition) is 2. The van der Waals surface area contributed by atoms with Crippen molar-refractivity contribution < 1.29 is 0 Å². The molecule has 0 atom stereocenters. The Balaban J connectivity index is 2.76.